The van der Waals surface area contributed by atoms with Gasteiger partial charge in [-0.2, -0.15) is 0 Å². The van der Waals surface area contributed by atoms with E-state index in [4.69, 9.17) is 0 Å². The minimum Gasteiger partial charge on any atom is -0.301 e. The van der Waals surface area contributed by atoms with Gasteiger partial charge in [-0.3, -0.25) is 0 Å². The maximum Gasteiger partial charge on any atom is 0.140 e. The number of hydrogen-bond acceptors (Lipinski definition) is 2. The number of carbonyl (C=O) groups excluding carboxylic acids is 1. The second kappa shape index (κ2) is 5.25. The van der Waals surface area contributed by atoms with Gasteiger partial charge in [0, 0.05) is 6.54 Å². The molecule has 0 aromatic rings. The Morgan fingerprint density at radius 2 is 2.22 bits per heavy atom. The SMILES string of the molecule is C=CCNC(C=C)C=O. The van der Waals surface area contributed by atoms with Gasteiger partial charge in [0.05, 0.1) is 6.04 Å². The molecule has 1 N–H and O–H groups in total. The highest BCUT2D eigenvalue weighted by Crippen LogP contribution is 1.76. The third-order valence-electron chi connectivity index (χ3n) is 0.898. The summed E-state index contributed by atoms with van der Waals surface area (Å²) in [4.78, 5) is 10.1. The van der Waals surface area contributed by atoms with Crippen LogP contribution >= 0.6 is 0 Å². The van der Waals surface area contributed by atoms with Crippen LogP contribution in [0.15, 0.2) is 25.3 Å². The fourth-order valence-corrected chi connectivity index (χ4v) is 0.406. The van der Waals surface area contributed by atoms with E-state index in [-0.39, 0.29) is 6.04 Å². The van der Waals surface area contributed by atoms with Gasteiger partial charge < -0.3 is 10.1 Å². The van der Waals surface area contributed by atoms with Crippen LogP contribution < -0.4 is 5.32 Å². The maximum absolute atomic E-state index is 10.1. The van der Waals surface area contributed by atoms with Crippen LogP contribution in [0.1, 0.15) is 0 Å². The molecule has 0 radical (unpaired) electrons. The Balaban J connectivity index is 3.41. The molecule has 0 spiro atoms. The largest absolute Gasteiger partial charge is 0.301 e. The third kappa shape index (κ3) is 3.67. The predicted octanol–water partition coefficient (Wildman–Crippen LogP) is 0.515. The van der Waals surface area contributed by atoms with Gasteiger partial charge in [-0.15, -0.1) is 13.2 Å². The first-order chi connectivity index (χ1) is 4.35. The summed E-state index contributed by atoms with van der Waals surface area (Å²) < 4.78 is 0. The van der Waals surface area contributed by atoms with Crippen LogP contribution in [0, 0.1) is 0 Å². The molecule has 0 aliphatic carbocycles. The third-order valence-corrected chi connectivity index (χ3v) is 0.898. The predicted molar refractivity (Wildman–Crippen MR) is 38.2 cm³/mol. The highest BCUT2D eigenvalue weighted by molar-refractivity contribution is 5.60. The molecule has 0 aliphatic rings. The molecule has 0 amide bonds. The van der Waals surface area contributed by atoms with Crippen LogP contribution in [0.4, 0.5) is 0 Å². The van der Waals surface area contributed by atoms with Crippen LogP contribution in [0.25, 0.3) is 0 Å². The minimum atomic E-state index is -0.233. The second-order valence-electron chi connectivity index (χ2n) is 1.59. The molecule has 0 bridgehead atoms. The molecule has 0 aliphatic heterocycles. The van der Waals surface area contributed by atoms with Crippen LogP contribution in [-0.4, -0.2) is 18.9 Å². The molecule has 0 aromatic heterocycles. The molecule has 0 aromatic carbocycles. The number of carbonyl (C=O) groups is 1. The summed E-state index contributed by atoms with van der Waals surface area (Å²) in [7, 11) is 0. The Bertz CT molecular complexity index is 101. The van der Waals surface area contributed by atoms with Gasteiger partial charge in [0.15, 0.2) is 0 Å². The second-order valence-corrected chi connectivity index (χ2v) is 1.59. The number of nitrogens with one attached hydrogen (secondary N) is 1. The highest BCUT2D eigenvalue weighted by Gasteiger charge is 1.95. The maximum atomic E-state index is 10.1. The summed E-state index contributed by atoms with van der Waals surface area (Å²) in [6, 6.07) is -0.233. The van der Waals surface area contributed by atoms with Crippen LogP contribution in [0.3, 0.4) is 0 Å². The van der Waals surface area contributed by atoms with E-state index in [1.54, 1.807) is 12.2 Å². The fraction of sp³-hybridized carbons (Fsp3) is 0.286. The summed E-state index contributed by atoms with van der Waals surface area (Å²) >= 11 is 0. The van der Waals surface area contributed by atoms with E-state index >= 15 is 0 Å². The van der Waals surface area contributed by atoms with E-state index < -0.39 is 0 Å². The van der Waals surface area contributed by atoms with Crippen molar-refractivity contribution in [2.24, 2.45) is 0 Å². The van der Waals surface area contributed by atoms with Gasteiger partial charge in [0.2, 0.25) is 0 Å². The molecular weight excluding hydrogens is 114 g/mol. The minimum absolute atomic E-state index is 0.233. The lowest BCUT2D eigenvalue weighted by molar-refractivity contribution is -0.108. The van der Waals surface area contributed by atoms with Crippen molar-refractivity contribution in [1.29, 1.82) is 0 Å². The lowest BCUT2D eigenvalue weighted by Gasteiger charge is -2.02. The van der Waals surface area contributed by atoms with Crippen molar-refractivity contribution >= 4 is 6.29 Å². The molecule has 1 unspecified atom stereocenters. The van der Waals surface area contributed by atoms with Gasteiger partial charge in [-0.1, -0.05) is 12.2 Å². The Hall–Kier alpha value is -0.890. The quantitative estimate of drug-likeness (QED) is 0.428. The van der Waals surface area contributed by atoms with E-state index in [1.165, 1.54) is 0 Å². The summed E-state index contributed by atoms with van der Waals surface area (Å²) in [6.07, 6.45) is 4.05. The van der Waals surface area contributed by atoms with Crippen molar-refractivity contribution in [2.45, 2.75) is 6.04 Å². The zero-order chi connectivity index (χ0) is 7.11. The number of hydrogen-bond donors (Lipinski definition) is 1. The van der Waals surface area contributed by atoms with Crippen molar-refractivity contribution in [3.63, 3.8) is 0 Å². The molecule has 2 heteroatoms. The van der Waals surface area contributed by atoms with E-state index in [9.17, 15) is 4.79 Å². The van der Waals surface area contributed by atoms with Crippen molar-refractivity contribution in [3.05, 3.63) is 25.3 Å². The van der Waals surface area contributed by atoms with Crippen molar-refractivity contribution in [2.75, 3.05) is 6.54 Å². The molecule has 50 valence electrons. The molecule has 1 atom stereocenters. The number of aldehydes is 1. The molecule has 2 nitrogen and oxygen atoms in total. The van der Waals surface area contributed by atoms with Crippen molar-refractivity contribution in [1.82, 2.24) is 5.32 Å². The first-order valence-corrected chi connectivity index (χ1v) is 2.77. The average Bonchev–Trinajstić information content (AvgIpc) is 1.91. The van der Waals surface area contributed by atoms with E-state index in [0.717, 1.165) is 6.29 Å². The Labute approximate surface area is 55.3 Å². The van der Waals surface area contributed by atoms with Gasteiger partial charge >= 0.3 is 0 Å². The topological polar surface area (TPSA) is 29.1 Å². The molecule has 0 saturated heterocycles. The Morgan fingerprint density at radius 1 is 1.56 bits per heavy atom. The monoisotopic (exact) mass is 125 g/mol. The molecule has 0 fully saturated rings. The summed E-state index contributed by atoms with van der Waals surface area (Å²) in [5, 5.41) is 2.86. The van der Waals surface area contributed by atoms with E-state index in [0.29, 0.717) is 6.54 Å². The fourth-order valence-electron chi connectivity index (χ4n) is 0.406. The lowest BCUT2D eigenvalue weighted by atomic mass is 10.3. The first-order valence-electron chi connectivity index (χ1n) is 2.77. The lowest BCUT2D eigenvalue weighted by Crippen LogP contribution is -2.27. The molecule has 0 saturated carbocycles. The van der Waals surface area contributed by atoms with Crippen molar-refractivity contribution in [3.8, 4) is 0 Å². The molecule has 9 heavy (non-hydrogen) atoms. The summed E-state index contributed by atoms with van der Waals surface area (Å²) in [5.74, 6) is 0. The summed E-state index contributed by atoms with van der Waals surface area (Å²) in [5.41, 5.74) is 0. The highest BCUT2D eigenvalue weighted by atomic mass is 16.1. The van der Waals surface area contributed by atoms with Gasteiger partial charge in [0.25, 0.3) is 0 Å². The van der Waals surface area contributed by atoms with Crippen molar-refractivity contribution < 1.29 is 4.79 Å². The van der Waals surface area contributed by atoms with Crippen LogP contribution in [0.2, 0.25) is 0 Å². The Morgan fingerprint density at radius 3 is 2.56 bits per heavy atom. The van der Waals surface area contributed by atoms with Gasteiger partial charge in [-0.05, 0) is 0 Å². The molecule has 0 rings (SSSR count). The molecular formula is C7H11NO. The van der Waals surface area contributed by atoms with Crippen LogP contribution in [-0.2, 0) is 4.79 Å². The number of rotatable bonds is 5. The van der Waals surface area contributed by atoms with Gasteiger partial charge in [-0.25, -0.2) is 0 Å². The average molecular weight is 125 g/mol. The smallest absolute Gasteiger partial charge is 0.140 e. The zero-order valence-corrected chi connectivity index (χ0v) is 5.34. The standard InChI is InChI=1S/C7H11NO/c1-3-5-8-7(4-2)6-9/h3-4,6-8H,1-2,5H2. The molecule has 0 heterocycles. The Kier molecular flexibility index (Phi) is 4.73. The normalized spacial score (nSPS) is 12.0. The van der Waals surface area contributed by atoms with E-state index in [2.05, 4.69) is 18.5 Å². The van der Waals surface area contributed by atoms with E-state index in [1.807, 2.05) is 0 Å². The summed E-state index contributed by atoms with van der Waals surface area (Å²) in [6.45, 7) is 7.58. The van der Waals surface area contributed by atoms with Crippen LogP contribution in [0.5, 0.6) is 0 Å². The first kappa shape index (κ1) is 8.11. The zero-order valence-electron chi connectivity index (χ0n) is 5.34. The van der Waals surface area contributed by atoms with Gasteiger partial charge in [0.1, 0.15) is 6.29 Å².